The molecule has 7 heteroatoms. The molecule has 0 spiro atoms. The molecule has 0 atom stereocenters. The average molecular weight is 383 g/mol. The van der Waals surface area contributed by atoms with Crippen LogP contribution in [0.5, 0.6) is 0 Å². The summed E-state index contributed by atoms with van der Waals surface area (Å²) in [5.41, 5.74) is 2.39. The van der Waals surface area contributed by atoms with Gasteiger partial charge in [-0.1, -0.05) is 47.7 Å². The van der Waals surface area contributed by atoms with Gasteiger partial charge in [0.15, 0.2) is 4.96 Å². The van der Waals surface area contributed by atoms with E-state index >= 15 is 0 Å². The van der Waals surface area contributed by atoms with Gasteiger partial charge in [-0.25, -0.2) is 13.8 Å². The molecule has 4 nitrogen and oxygen atoms in total. The van der Waals surface area contributed by atoms with Crippen molar-refractivity contribution >= 4 is 22.2 Å². The molecule has 4 aromatic rings. The van der Waals surface area contributed by atoms with Gasteiger partial charge in [0.05, 0.1) is 5.69 Å². The molecule has 0 aliphatic rings. The van der Waals surface area contributed by atoms with Crippen LogP contribution in [0.1, 0.15) is 20.9 Å². The van der Waals surface area contributed by atoms with Crippen LogP contribution in [-0.4, -0.2) is 15.3 Å². The fourth-order valence-electron chi connectivity index (χ4n) is 2.86. The third-order valence-electron chi connectivity index (χ3n) is 4.32. The lowest BCUT2D eigenvalue weighted by atomic mass is 10.2. The number of rotatable bonds is 4. The van der Waals surface area contributed by atoms with Gasteiger partial charge in [-0.05, 0) is 19.1 Å². The molecule has 27 heavy (non-hydrogen) atoms. The molecular weight excluding hydrogens is 368 g/mol. The molecule has 4 rings (SSSR count). The van der Waals surface area contributed by atoms with Crippen molar-refractivity contribution in [3.63, 3.8) is 0 Å². The van der Waals surface area contributed by atoms with Crippen molar-refractivity contribution in [3.8, 4) is 11.3 Å². The highest BCUT2D eigenvalue weighted by Crippen LogP contribution is 2.27. The van der Waals surface area contributed by atoms with Crippen LogP contribution in [-0.2, 0) is 6.54 Å². The molecule has 0 saturated carbocycles. The summed E-state index contributed by atoms with van der Waals surface area (Å²) in [5, 5.41) is 2.59. The van der Waals surface area contributed by atoms with Crippen molar-refractivity contribution in [1.82, 2.24) is 14.7 Å². The number of aryl methyl sites for hydroxylation is 1. The average Bonchev–Trinajstić information content (AvgIpc) is 3.22. The molecule has 2 heterocycles. The molecule has 0 saturated heterocycles. The van der Waals surface area contributed by atoms with Gasteiger partial charge in [0.2, 0.25) is 0 Å². The van der Waals surface area contributed by atoms with Gasteiger partial charge in [-0.2, -0.15) is 0 Å². The Labute approximate surface area is 158 Å². The number of halogens is 2. The first kappa shape index (κ1) is 17.4. The van der Waals surface area contributed by atoms with Gasteiger partial charge in [0.1, 0.15) is 16.5 Å². The van der Waals surface area contributed by atoms with E-state index in [9.17, 15) is 13.6 Å². The van der Waals surface area contributed by atoms with Gasteiger partial charge in [0, 0.05) is 29.6 Å². The normalized spacial score (nSPS) is 11.1. The molecule has 0 aliphatic carbocycles. The van der Waals surface area contributed by atoms with Gasteiger partial charge in [-0.15, -0.1) is 0 Å². The third-order valence-corrected chi connectivity index (χ3v) is 5.48. The monoisotopic (exact) mass is 383 g/mol. The summed E-state index contributed by atoms with van der Waals surface area (Å²) >= 11 is 1.24. The minimum atomic E-state index is -0.680. The molecule has 1 amide bonds. The van der Waals surface area contributed by atoms with Crippen molar-refractivity contribution in [1.29, 1.82) is 0 Å². The maximum Gasteiger partial charge on any atom is 0.263 e. The summed E-state index contributed by atoms with van der Waals surface area (Å²) in [4.78, 5) is 18.2. The van der Waals surface area contributed by atoms with Crippen molar-refractivity contribution in [2.24, 2.45) is 0 Å². The molecule has 0 unspecified atom stereocenters. The summed E-state index contributed by atoms with van der Waals surface area (Å²) in [6.07, 6.45) is 1.88. The van der Waals surface area contributed by atoms with Crippen molar-refractivity contribution in [3.05, 3.63) is 82.5 Å². The van der Waals surface area contributed by atoms with E-state index in [1.54, 1.807) is 0 Å². The van der Waals surface area contributed by atoms with Crippen molar-refractivity contribution in [2.45, 2.75) is 13.5 Å². The Morgan fingerprint density at radius 1 is 1.11 bits per heavy atom. The number of nitrogens with zero attached hydrogens (tertiary/aromatic N) is 2. The molecule has 2 aromatic carbocycles. The molecule has 136 valence electrons. The minimum Gasteiger partial charge on any atom is -0.347 e. The smallest absolute Gasteiger partial charge is 0.263 e. The predicted molar refractivity (Wildman–Crippen MR) is 101 cm³/mol. The van der Waals surface area contributed by atoms with Crippen molar-refractivity contribution < 1.29 is 13.6 Å². The first-order valence-corrected chi connectivity index (χ1v) is 9.11. The molecule has 2 aromatic heterocycles. The second-order valence-electron chi connectivity index (χ2n) is 6.04. The van der Waals surface area contributed by atoms with Crippen LogP contribution in [0.2, 0.25) is 0 Å². The van der Waals surface area contributed by atoms with E-state index in [1.165, 1.54) is 29.5 Å². The van der Waals surface area contributed by atoms with Crippen LogP contribution in [0.15, 0.2) is 54.7 Å². The maximum atomic E-state index is 13.7. The zero-order valence-corrected chi connectivity index (χ0v) is 15.2. The highest BCUT2D eigenvalue weighted by molar-refractivity contribution is 7.19. The topological polar surface area (TPSA) is 46.4 Å². The van der Waals surface area contributed by atoms with Crippen LogP contribution in [0.4, 0.5) is 8.78 Å². The molecule has 0 radical (unpaired) electrons. The zero-order chi connectivity index (χ0) is 19.0. The summed E-state index contributed by atoms with van der Waals surface area (Å²) in [5.74, 6) is -1.74. The highest BCUT2D eigenvalue weighted by Gasteiger charge is 2.19. The number of hydrogen-bond donors (Lipinski definition) is 1. The second-order valence-corrected chi connectivity index (χ2v) is 7.02. The van der Waals surface area contributed by atoms with Gasteiger partial charge < -0.3 is 5.32 Å². The lowest BCUT2D eigenvalue weighted by Crippen LogP contribution is -2.24. The molecule has 0 fully saturated rings. The lowest BCUT2D eigenvalue weighted by molar-refractivity contribution is 0.0953. The van der Waals surface area contributed by atoms with E-state index in [1.807, 2.05) is 47.9 Å². The Bertz CT molecular complexity index is 1110. The fourth-order valence-corrected chi connectivity index (χ4v) is 3.88. The summed E-state index contributed by atoms with van der Waals surface area (Å²) in [7, 11) is 0. The van der Waals surface area contributed by atoms with Crippen LogP contribution < -0.4 is 5.32 Å². The fraction of sp³-hybridized carbons (Fsp3) is 0.100. The Balaban J connectivity index is 1.58. The number of nitrogens with one attached hydrogen (secondary N) is 1. The second kappa shape index (κ2) is 6.92. The SMILES string of the molecule is Cc1c(C(=O)NCc2c(F)cccc2F)sc2nc(-c3ccccc3)cn12. The van der Waals surface area contributed by atoms with Crippen LogP contribution in [0.25, 0.3) is 16.2 Å². The van der Waals surface area contributed by atoms with E-state index in [0.29, 0.717) is 9.84 Å². The van der Waals surface area contributed by atoms with Crippen LogP contribution in [0.3, 0.4) is 0 Å². The number of fused-ring (bicyclic) bond motifs is 1. The molecular formula is C20H15F2N3OS. The molecule has 1 N–H and O–H groups in total. The number of amides is 1. The number of carbonyl (C=O) groups is 1. The zero-order valence-electron chi connectivity index (χ0n) is 14.4. The van der Waals surface area contributed by atoms with Crippen LogP contribution >= 0.6 is 11.3 Å². The van der Waals surface area contributed by atoms with Gasteiger partial charge >= 0.3 is 0 Å². The number of thiazole rings is 1. The highest BCUT2D eigenvalue weighted by atomic mass is 32.1. The van der Waals surface area contributed by atoms with E-state index < -0.39 is 11.6 Å². The third kappa shape index (κ3) is 3.21. The quantitative estimate of drug-likeness (QED) is 0.561. The predicted octanol–water partition coefficient (Wildman–Crippen LogP) is 4.58. The summed E-state index contributed by atoms with van der Waals surface area (Å²) in [6.45, 7) is 1.60. The summed E-state index contributed by atoms with van der Waals surface area (Å²) < 4.78 is 29.3. The minimum absolute atomic E-state index is 0.156. The Hall–Kier alpha value is -3.06. The first-order valence-electron chi connectivity index (χ1n) is 8.29. The number of aromatic nitrogens is 2. The first-order chi connectivity index (χ1) is 13.0. The van der Waals surface area contributed by atoms with E-state index in [-0.39, 0.29) is 18.0 Å². The van der Waals surface area contributed by atoms with E-state index in [4.69, 9.17) is 0 Å². The Morgan fingerprint density at radius 3 is 2.48 bits per heavy atom. The van der Waals surface area contributed by atoms with Gasteiger partial charge in [-0.3, -0.25) is 9.20 Å². The Morgan fingerprint density at radius 2 is 1.81 bits per heavy atom. The number of carbonyl (C=O) groups excluding carboxylic acids is 1. The maximum absolute atomic E-state index is 13.7. The Kier molecular flexibility index (Phi) is 4.45. The summed E-state index contributed by atoms with van der Waals surface area (Å²) in [6, 6.07) is 13.4. The number of benzene rings is 2. The molecule has 0 aliphatic heterocycles. The van der Waals surface area contributed by atoms with Gasteiger partial charge in [0.25, 0.3) is 5.91 Å². The number of hydrogen-bond acceptors (Lipinski definition) is 3. The lowest BCUT2D eigenvalue weighted by Gasteiger charge is -2.07. The number of imidazole rings is 1. The van der Waals surface area contributed by atoms with E-state index in [2.05, 4.69) is 10.3 Å². The van der Waals surface area contributed by atoms with E-state index in [0.717, 1.165) is 17.0 Å². The largest absolute Gasteiger partial charge is 0.347 e. The molecule has 0 bridgehead atoms. The van der Waals surface area contributed by atoms with Crippen LogP contribution in [0, 0.1) is 18.6 Å². The standard InChI is InChI=1S/C20H15F2N3OS/c1-12-18(19(26)23-10-14-15(21)8-5-9-16(14)22)27-20-24-17(11-25(12)20)13-6-3-2-4-7-13/h2-9,11H,10H2,1H3,(H,23,26). The van der Waals surface area contributed by atoms with Crippen molar-refractivity contribution in [2.75, 3.05) is 0 Å².